The van der Waals surface area contributed by atoms with Crippen LogP contribution in [-0.2, 0) is 0 Å². The second kappa shape index (κ2) is 1.35. The summed E-state index contributed by atoms with van der Waals surface area (Å²) in [6.45, 7) is 0. The molecule has 2 heteroatoms. The van der Waals surface area contributed by atoms with Crippen molar-refractivity contribution in [3.05, 3.63) is 23.6 Å². The van der Waals surface area contributed by atoms with Gasteiger partial charge in [0.2, 0.25) is 5.22 Å². The van der Waals surface area contributed by atoms with Gasteiger partial charge in [-0.1, -0.05) is 0 Å². The van der Waals surface area contributed by atoms with Crippen molar-refractivity contribution in [1.29, 1.82) is 0 Å². The molecule has 1 heterocycles. The van der Waals surface area contributed by atoms with Crippen molar-refractivity contribution >= 4 is 11.6 Å². The monoisotopic (exact) mass is 101 g/mol. The fourth-order valence-corrected chi connectivity index (χ4v) is 0.342. The summed E-state index contributed by atoms with van der Waals surface area (Å²) in [5, 5.41) is 0.315. The van der Waals surface area contributed by atoms with E-state index in [9.17, 15) is 0 Å². The van der Waals surface area contributed by atoms with Crippen molar-refractivity contribution < 1.29 is 4.42 Å². The highest BCUT2D eigenvalue weighted by molar-refractivity contribution is 6.28. The SMILES string of the molecule is Clc1[c]cco1. The third-order valence-electron chi connectivity index (χ3n) is 0.436. The van der Waals surface area contributed by atoms with E-state index in [2.05, 4.69) is 10.5 Å². The standard InChI is InChI=1S/C4H2ClO/c5-4-2-1-3-6-4/h1,3H. The molecule has 0 saturated carbocycles. The van der Waals surface area contributed by atoms with Crippen LogP contribution in [0.2, 0.25) is 5.22 Å². The molecule has 1 aromatic rings. The van der Waals surface area contributed by atoms with Crippen molar-refractivity contribution in [1.82, 2.24) is 0 Å². The number of halogens is 1. The molecule has 0 aliphatic carbocycles. The van der Waals surface area contributed by atoms with Crippen LogP contribution in [0.4, 0.5) is 0 Å². The Morgan fingerprint density at radius 3 is 2.83 bits per heavy atom. The Labute approximate surface area is 40.5 Å². The number of furan rings is 1. The minimum atomic E-state index is 0.315. The molecule has 0 atom stereocenters. The van der Waals surface area contributed by atoms with Crippen molar-refractivity contribution in [3.8, 4) is 0 Å². The van der Waals surface area contributed by atoms with Crippen LogP contribution in [0.3, 0.4) is 0 Å². The number of hydrogen-bond donors (Lipinski definition) is 0. The summed E-state index contributed by atoms with van der Waals surface area (Å²) in [5.74, 6) is 0. The zero-order valence-corrected chi connectivity index (χ0v) is 3.70. The Bertz CT molecular complexity index is 111. The lowest BCUT2D eigenvalue weighted by molar-refractivity contribution is 0.569. The third-order valence-corrected chi connectivity index (χ3v) is 0.635. The normalized spacial score (nSPS) is 8.83. The fraction of sp³-hybridized carbons (Fsp3) is 0. The Morgan fingerprint density at radius 1 is 1.83 bits per heavy atom. The molecule has 1 nitrogen and oxygen atoms in total. The lowest BCUT2D eigenvalue weighted by atomic mass is 10.7. The zero-order chi connectivity index (χ0) is 4.41. The Hall–Kier alpha value is -0.430. The van der Waals surface area contributed by atoms with E-state index in [0.29, 0.717) is 5.22 Å². The highest BCUT2D eigenvalue weighted by Crippen LogP contribution is 2.03. The summed E-state index contributed by atoms with van der Waals surface area (Å²) >= 11 is 5.23. The van der Waals surface area contributed by atoms with E-state index in [0.717, 1.165) is 0 Å². The molecule has 0 fully saturated rings. The molecule has 31 valence electrons. The summed E-state index contributed by atoms with van der Waals surface area (Å²) in [4.78, 5) is 0. The molecule has 0 spiro atoms. The first-order chi connectivity index (χ1) is 2.89. The predicted octanol–water partition coefficient (Wildman–Crippen LogP) is 1.73. The van der Waals surface area contributed by atoms with Crippen LogP contribution < -0.4 is 0 Å². The van der Waals surface area contributed by atoms with E-state index >= 15 is 0 Å². The lowest BCUT2D eigenvalue weighted by Gasteiger charge is -1.64. The average molecular weight is 102 g/mol. The topological polar surface area (TPSA) is 13.1 Å². The molecule has 0 aliphatic heterocycles. The molecular formula is C4H2ClO. The van der Waals surface area contributed by atoms with Crippen molar-refractivity contribution in [2.75, 3.05) is 0 Å². The van der Waals surface area contributed by atoms with Crippen LogP contribution >= 0.6 is 11.6 Å². The highest BCUT2D eigenvalue weighted by atomic mass is 35.5. The quantitative estimate of drug-likeness (QED) is 0.485. The number of rotatable bonds is 0. The smallest absolute Gasteiger partial charge is 0.201 e. The van der Waals surface area contributed by atoms with E-state index in [1.54, 1.807) is 6.07 Å². The molecule has 0 saturated heterocycles. The summed E-state index contributed by atoms with van der Waals surface area (Å²) in [5.41, 5.74) is 0. The average Bonchev–Trinajstić information content (AvgIpc) is 1.86. The van der Waals surface area contributed by atoms with Crippen molar-refractivity contribution in [3.63, 3.8) is 0 Å². The minimum absolute atomic E-state index is 0.315. The third kappa shape index (κ3) is 0.546. The molecule has 6 heavy (non-hydrogen) atoms. The van der Waals surface area contributed by atoms with Crippen LogP contribution in [0.1, 0.15) is 0 Å². The molecule has 0 aromatic carbocycles. The van der Waals surface area contributed by atoms with E-state index in [4.69, 9.17) is 11.6 Å². The van der Waals surface area contributed by atoms with Gasteiger partial charge in [-0.05, 0) is 17.7 Å². The van der Waals surface area contributed by atoms with Gasteiger partial charge in [0, 0.05) is 6.07 Å². The lowest BCUT2D eigenvalue weighted by Crippen LogP contribution is -1.36. The first-order valence-electron chi connectivity index (χ1n) is 1.50. The Kier molecular flexibility index (Phi) is 0.843. The van der Waals surface area contributed by atoms with Gasteiger partial charge in [-0.2, -0.15) is 0 Å². The maximum atomic E-state index is 5.23. The van der Waals surface area contributed by atoms with Gasteiger partial charge in [0.15, 0.2) is 0 Å². The largest absolute Gasteiger partial charge is 0.452 e. The van der Waals surface area contributed by atoms with Gasteiger partial charge in [-0.15, -0.1) is 0 Å². The molecule has 1 rings (SSSR count). The van der Waals surface area contributed by atoms with Crippen LogP contribution in [0.5, 0.6) is 0 Å². The van der Waals surface area contributed by atoms with Gasteiger partial charge in [0.05, 0.1) is 6.26 Å². The second-order valence-corrected chi connectivity index (χ2v) is 1.18. The summed E-state index contributed by atoms with van der Waals surface area (Å²) in [7, 11) is 0. The van der Waals surface area contributed by atoms with E-state index in [1.807, 2.05) is 0 Å². The zero-order valence-electron chi connectivity index (χ0n) is 2.94. The highest BCUT2D eigenvalue weighted by Gasteiger charge is 1.80. The molecular weight excluding hydrogens is 99.5 g/mol. The van der Waals surface area contributed by atoms with Gasteiger partial charge in [-0.25, -0.2) is 0 Å². The number of hydrogen-bond acceptors (Lipinski definition) is 1. The maximum absolute atomic E-state index is 5.23. The molecule has 0 amide bonds. The molecule has 0 N–H and O–H groups in total. The van der Waals surface area contributed by atoms with Crippen LogP contribution in [-0.4, -0.2) is 0 Å². The Balaban J connectivity index is 3.05. The van der Waals surface area contributed by atoms with E-state index in [1.165, 1.54) is 6.26 Å². The van der Waals surface area contributed by atoms with Gasteiger partial charge >= 0.3 is 0 Å². The van der Waals surface area contributed by atoms with Crippen molar-refractivity contribution in [2.24, 2.45) is 0 Å². The summed E-state index contributed by atoms with van der Waals surface area (Å²) < 4.78 is 4.54. The van der Waals surface area contributed by atoms with Crippen LogP contribution in [0.25, 0.3) is 0 Å². The fourth-order valence-electron chi connectivity index (χ4n) is 0.227. The van der Waals surface area contributed by atoms with E-state index < -0.39 is 0 Å². The summed E-state index contributed by atoms with van der Waals surface area (Å²) in [6.07, 6.45) is 1.47. The van der Waals surface area contributed by atoms with Gasteiger partial charge in [0.1, 0.15) is 0 Å². The minimum Gasteiger partial charge on any atom is -0.452 e. The summed E-state index contributed by atoms with van der Waals surface area (Å²) in [6, 6.07) is 4.21. The molecule has 1 aromatic heterocycles. The second-order valence-electron chi connectivity index (χ2n) is 0.839. The van der Waals surface area contributed by atoms with Crippen LogP contribution in [0.15, 0.2) is 16.7 Å². The molecule has 0 aliphatic rings. The van der Waals surface area contributed by atoms with Gasteiger partial charge in [-0.3, -0.25) is 0 Å². The molecule has 0 unspecified atom stereocenters. The maximum Gasteiger partial charge on any atom is 0.201 e. The first kappa shape index (κ1) is 3.75. The van der Waals surface area contributed by atoms with Gasteiger partial charge < -0.3 is 4.42 Å². The van der Waals surface area contributed by atoms with E-state index in [-0.39, 0.29) is 0 Å². The molecule has 1 radical (unpaired) electrons. The molecule has 0 bridgehead atoms. The van der Waals surface area contributed by atoms with Crippen LogP contribution in [0, 0.1) is 6.07 Å². The van der Waals surface area contributed by atoms with Crippen molar-refractivity contribution in [2.45, 2.75) is 0 Å². The van der Waals surface area contributed by atoms with Gasteiger partial charge in [0.25, 0.3) is 0 Å². The Morgan fingerprint density at radius 2 is 2.67 bits per heavy atom. The first-order valence-corrected chi connectivity index (χ1v) is 1.88. The predicted molar refractivity (Wildman–Crippen MR) is 22.6 cm³/mol.